The molecule has 4 rings (SSSR count). The van der Waals surface area contributed by atoms with Crippen molar-refractivity contribution in [1.29, 1.82) is 5.26 Å². The van der Waals surface area contributed by atoms with Gasteiger partial charge in [-0.25, -0.2) is 0 Å². The predicted octanol–water partition coefficient (Wildman–Crippen LogP) is 5.60. The number of aryl methyl sites for hydroxylation is 2. The van der Waals surface area contributed by atoms with Crippen molar-refractivity contribution >= 4 is 35.0 Å². The number of furan rings is 1. The summed E-state index contributed by atoms with van der Waals surface area (Å²) in [6.45, 7) is 5.78. The monoisotopic (exact) mass is 498 g/mol. The van der Waals surface area contributed by atoms with Crippen LogP contribution >= 0.6 is 11.8 Å². The second-order valence-electron chi connectivity index (χ2n) is 8.42. The molecule has 1 aliphatic heterocycles. The third kappa shape index (κ3) is 5.53. The highest BCUT2D eigenvalue weighted by Gasteiger charge is 2.36. The Balaban J connectivity index is 1.57. The lowest BCUT2D eigenvalue weighted by molar-refractivity contribution is -0.114. The van der Waals surface area contributed by atoms with Crippen molar-refractivity contribution in [3.8, 4) is 6.07 Å². The Kier molecular flexibility index (Phi) is 7.62. The average molecular weight is 499 g/mol. The molecule has 0 saturated carbocycles. The number of anilines is 2. The molecular weight excluding hydrogens is 472 g/mol. The summed E-state index contributed by atoms with van der Waals surface area (Å²) in [6.07, 6.45) is 1.51. The van der Waals surface area contributed by atoms with Crippen LogP contribution in [-0.2, 0) is 9.59 Å². The van der Waals surface area contributed by atoms with E-state index in [0.29, 0.717) is 33.3 Å². The maximum absolute atomic E-state index is 13.3. The fourth-order valence-electron chi connectivity index (χ4n) is 3.94. The molecule has 3 aromatic rings. The van der Waals surface area contributed by atoms with Gasteiger partial charge < -0.3 is 20.4 Å². The molecule has 7 nitrogen and oxygen atoms in total. The van der Waals surface area contributed by atoms with Crippen LogP contribution in [-0.4, -0.2) is 17.6 Å². The number of amides is 2. The second kappa shape index (κ2) is 11.0. The summed E-state index contributed by atoms with van der Waals surface area (Å²) in [5.41, 5.74) is 4.89. The summed E-state index contributed by atoms with van der Waals surface area (Å²) < 4.78 is 5.64. The standard InChI is InChI=1S/C28H26N4O3S/c1-17-11-12-21(14-18(17)2)31-24(33)16-36-28-22(15-29)26(23-10-7-13-35-23)25(19(3)30-28)27(34)32-20-8-5-4-6-9-20/h4-14,26,30H,16H2,1-3H3,(H,31,33)(H,32,34)/t26-/m0/s1. The molecular formula is C28H26N4O3S. The number of carbonyl (C=O) groups excluding carboxylic acids is 2. The fraction of sp³-hybridized carbons (Fsp3) is 0.179. The number of carbonyl (C=O) groups is 2. The minimum absolute atomic E-state index is 0.0874. The summed E-state index contributed by atoms with van der Waals surface area (Å²) in [7, 11) is 0. The molecule has 2 amide bonds. The van der Waals surface area contributed by atoms with Crippen molar-refractivity contribution in [2.24, 2.45) is 0 Å². The smallest absolute Gasteiger partial charge is 0.254 e. The van der Waals surface area contributed by atoms with E-state index in [4.69, 9.17) is 4.42 Å². The van der Waals surface area contributed by atoms with Crippen molar-refractivity contribution in [3.05, 3.63) is 106 Å². The molecule has 2 aromatic carbocycles. The summed E-state index contributed by atoms with van der Waals surface area (Å²) in [5.74, 6) is -0.677. The summed E-state index contributed by atoms with van der Waals surface area (Å²) >= 11 is 1.21. The van der Waals surface area contributed by atoms with Gasteiger partial charge in [-0.05, 0) is 68.3 Å². The fourth-order valence-corrected chi connectivity index (χ4v) is 4.83. The largest absolute Gasteiger partial charge is 0.468 e. The Morgan fingerprint density at radius 1 is 1.00 bits per heavy atom. The number of hydrogen-bond acceptors (Lipinski definition) is 6. The van der Waals surface area contributed by atoms with E-state index in [-0.39, 0.29) is 17.6 Å². The van der Waals surface area contributed by atoms with Gasteiger partial charge in [-0.2, -0.15) is 5.26 Å². The molecule has 36 heavy (non-hydrogen) atoms. The topological polar surface area (TPSA) is 107 Å². The van der Waals surface area contributed by atoms with Gasteiger partial charge in [0.05, 0.1) is 40.2 Å². The van der Waals surface area contributed by atoms with Crippen LogP contribution in [0.25, 0.3) is 0 Å². The van der Waals surface area contributed by atoms with E-state index in [1.54, 1.807) is 31.2 Å². The first-order valence-corrected chi connectivity index (χ1v) is 12.4. The van der Waals surface area contributed by atoms with Crippen LogP contribution < -0.4 is 16.0 Å². The van der Waals surface area contributed by atoms with E-state index in [2.05, 4.69) is 22.0 Å². The van der Waals surface area contributed by atoms with Gasteiger partial charge in [-0.3, -0.25) is 9.59 Å². The number of rotatable bonds is 7. The van der Waals surface area contributed by atoms with Crippen LogP contribution in [0.4, 0.5) is 11.4 Å². The number of hydrogen-bond donors (Lipinski definition) is 3. The molecule has 0 spiro atoms. The third-order valence-corrected chi connectivity index (χ3v) is 6.91. The lowest BCUT2D eigenvalue weighted by Crippen LogP contribution is -2.31. The van der Waals surface area contributed by atoms with Gasteiger partial charge in [0.25, 0.3) is 5.91 Å². The number of thioether (sulfide) groups is 1. The molecule has 8 heteroatoms. The number of para-hydroxylation sites is 1. The quantitative estimate of drug-likeness (QED) is 0.391. The zero-order valence-electron chi connectivity index (χ0n) is 20.2. The first-order chi connectivity index (χ1) is 17.4. The number of nitriles is 1. The number of nitrogens with zero attached hydrogens (tertiary/aromatic N) is 1. The van der Waals surface area contributed by atoms with Gasteiger partial charge in [0.15, 0.2) is 0 Å². The summed E-state index contributed by atoms with van der Waals surface area (Å²) in [6, 6.07) is 20.6. The normalized spacial score (nSPS) is 15.2. The Labute approximate surface area is 214 Å². The van der Waals surface area contributed by atoms with E-state index in [1.165, 1.54) is 18.0 Å². The van der Waals surface area contributed by atoms with E-state index in [9.17, 15) is 14.9 Å². The molecule has 0 aliphatic carbocycles. The van der Waals surface area contributed by atoms with Crippen LogP contribution in [0.3, 0.4) is 0 Å². The van der Waals surface area contributed by atoms with E-state index < -0.39 is 5.92 Å². The van der Waals surface area contributed by atoms with Gasteiger partial charge in [0.1, 0.15) is 5.76 Å². The molecule has 0 fully saturated rings. The zero-order chi connectivity index (χ0) is 25.7. The number of benzene rings is 2. The van der Waals surface area contributed by atoms with Gasteiger partial charge in [-0.15, -0.1) is 0 Å². The maximum Gasteiger partial charge on any atom is 0.254 e. The van der Waals surface area contributed by atoms with E-state index >= 15 is 0 Å². The van der Waals surface area contributed by atoms with Crippen LogP contribution in [0.1, 0.15) is 29.7 Å². The number of dihydropyridines is 1. The molecule has 0 bridgehead atoms. The molecule has 0 radical (unpaired) electrons. The maximum atomic E-state index is 13.3. The Hall–Kier alpha value is -4.22. The van der Waals surface area contributed by atoms with E-state index in [1.807, 2.05) is 50.2 Å². The Bertz CT molecular complexity index is 1390. The van der Waals surface area contributed by atoms with Crippen molar-refractivity contribution in [3.63, 3.8) is 0 Å². The van der Waals surface area contributed by atoms with Crippen molar-refractivity contribution in [2.75, 3.05) is 16.4 Å². The summed E-state index contributed by atoms with van der Waals surface area (Å²) in [4.78, 5) is 26.0. The second-order valence-corrected chi connectivity index (χ2v) is 9.41. The van der Waals surface area contributed by atoms with Crippen LogP contribution in [0.15, 0.2) is 93.2 Å². The van der Waals surface area contributed by atoms with E-state index in [0.717, 1.165) is 16.8 Å². The zero-order valence-corrected chi connectivity index (χ0v) is 21.0. The van der Waals surface area contributed by atoms with Gasteiger partial charge >= 0.3 is 0 Å². The average Bonchev–Trinajstić information content (AvgIpc) is 3.40. The van der Waals surface area contributed by atoms with Gasteiger partial charge in [0.2, 0.25) is 5.91 Å². The Morgan fingerprint density at radius 3 is 2.44 bits per heavy atom. The highest BCUT2D eigenvalue weighted by Crippen LogP contribution is 2.41. The van der Waals surface area contributed by atoms with Crippen LogP contribution in [0.5, 0.6) is 0 Å². The van der Waals surface area contributed by atoms with Crippen LogP contribution in [0, 0.1) is 25.2 Å². The van der Waals surface area contributed by atoms with Crippen LogP contribution in [0.2, 0.25) is 0 Å². The van der Waals surface area contributed by atoms with Crippen molar-refractivity contribution in [1.82, 2.24) is 5.32 Å². The Morgan fingerprint density at radius 2 is 1.78 bits per heavy atom. The molecule has 3 N–H and O–H groups in total. The third-order valence-electron chi connectivity index (χ3n) is 5.89. The van der Waals surface area contributed by atoms with Crippen molar-refractivity contribution in [2.45, 2.75) is 26.7 Å². The highest BCUT2D eigenvalue weighted by atomic mass is 32.2. The highest BCUT2D eigenvalue weighted by molar-refractivity contribution is 8.03. The number of allylic oxidation sites excluding steroid dienone is 2. The minimum Gasteiger partial charge on any atom is -0.468 e. The molecule has 182 valence electrons. The first-order valence-electron chi connectivity index (χ1n) is 11.4. The van der Waals surface area contributed by atoms with Crippen molar-refractivity contribution < 1.29 is 14.0 Å². The molecule has 1 aromatic heterocycles. The minimum atomic E-state index is -0.708. The lowest BCUT2D eigenvalue weighted by Gasteiger charge is -2.28. The molecule has 2 heterocycles. The molecule has 0 unspecified atom stereocenters. The SMILES string of the molecule is CC1=C(C(=O)Nc2ccccc2)[C@H](c2ccco2)C(C#N)=C(SCC(=O)Nc2ccc(C)c(C)c2)N1. The van der Waals surface area contributed by atoms with Gasteiger partial charge in [0, 0.05) is 17.1 Å². The lowest BCUT2D eigenvalue weighted by atomic mass is 9.85. The van der Waals surface area contributed by atoms with Gasteiger partial charge in [-0.1, -0.05) is 36.0 Å². The molecule has 0 saturated heterocycles. The number of nitrogens with one attached hydrogen (secondary N) is 3. The predicted molar refractivity (Wildman–Crippen MR) is 142 cm³/mol. The molecule has 1 aliphatic rings. The summed E-state index contributed by atoms with van der Waals surface area (Å²) in [5, 5.41) is 19.6. The first kappa shape index (κ1) is 24.9. The molecule has 1 atom stereocenters.